The standard InChI is InChI=1S/C56H68N9O15PS/c1-37(2)64(38(3)4)81(77-28-24-39-15-17-41(33-57)18-16-39)80-49-46(34-76-55(67)75-31-32-82(70,71)47-14-10-11-43-44(47)12-9-13-45(43)61(5)6)78-53(50(49)79-56(72-8)25-29-73-30-26-56)63-36-60-48-51(58-35-59-52(48)63)62(7)54(66)74-27-23-40-19-21-42(22-20-40)65(68)69/h9-22,35-38,46,49-50,53H,23-32,34H2,1-8H3/t46-,49-,50-,53-,81?/m1/s1. The first-order valence-corrected chi connectivity index (χ1v) is 29.5. The van der Waals surface area contributed by atoms with Gasteiger partial charge in [0.1, 0.15) is 37.9 Å². The second-order valence-electron chi connectivity index (χ2n) is 20.3. The smallest absolute Gasteiger partial charge is 0.449 e. The first-order valence-electron chi connectivity index (χ1n) is 26.7. The fourth-order valence-electron chi connectivity index (χ4n) is 9.79. The first-order chi connectivity index (χ1) is 39.3. The number of nitro benzene ring substituents is 1. The monoisotopic (exact) mass is 1170 g/mol. The summed E-state index contributed by atoms with van der Waals surface area (Å²) in [7, 11) is 0.802. The van der Waals surface area contributed by atoms with Crippen molar-refractivity contribution in [2.45, 2.75) is 101 Å². The lowest BCUT2D eigenvalue weighted by molar-refractivity contribution is -0.384. The van der Waals surface area contributed by atoms with E-state index in [9.17, 15) is 33.4 Å². The second-order valence-corrected chi connectivity index (χ2v) is 23.7. The van der Waals surface area contributed by atoms with Gasteiger partial charge in [0.05, 0.1) is 60.0 Å². The summed E-state index contributed by atoms with van der Waals surface area (Å²) in [6.07, 6.45) is -2.31. The van der Waals surface area contributed by atoms with Crippen molar-refractivity contribution >= 4 is 69.7 Å². The molecule has 5 atom stereocenters. The highest BCUT2D eigenvalue weighted by Gasteiger charge is 2.54. The van der Waals surface area contributed by atoms with Crippen LogP contribution in [0.4, 0.5) is 26.8 Å². The van der Waals surface area contributed by atoms with E-state index in [0.717, 1.165) is 22.2 Å². The Balaban J connectivity index is 1.09. The Kier molecular flexibility index (Phi) is 20.4. The van der Waals surface area contributed by atoms with Crippen molar-refractivity contribution in [1.29, 1.82) is 5.26 Å². The molecule has 24 nitrogen and oxygen atoms in total. The molecule has 4 heterocycles. The zero-order valence-electron chi connectivity index (χ0n) is 47.0. The number of hydrogen-bond donors (Lipinski definition) is 0. The minimum Gasteiger partial charge on any atom is -0.449 e. The molecule has 4 aromatic carbocycles. The highest BCUT2D eigenvalue weighted by molar-refractivity contribution is 7.91. The maximum atomic E-state index is 13.9. The van der Waals surface area contributed by atoms with Crippen molar-refractivity contribution in [3.8, 4) is 6.07 Å². The predicted octanol–water partition coefficient (Wildman–Crippen LogP) is 8.69. The highest BCUT2D eigenvalue weighted by Crippen LogP contribution is 2.52. The first kappa shape index (κ1) is 61.1. The number of nitriles is 1. The minimum absolute atomic E-state index is 0.0434. The van der Waals surface area contributed by atoms with Crippen LogP contribution in [-0.2, 0) is 64.9 Å². The average molecular weight is 1170 g/mol. The number of carbonyl (C=O) groups is 2. The molecule has 0 spiro atoms. The van der Waals surface area contributed by atoms with Crippen molar-refractivity contribution in [2.24, 2.45) is 0 Å². The van der Waals surface area contributed by atoms with Gasteiger partial charge in [0.25, 0.3) is 14.2 Å². The number of aromatic nitrogens is 4. The van der Waals surface area contributed by atoms with Gasteiger partial charge in [0, 0.05) is 88.2 Å². The van der Waals surface area contributed by atoms with E-state index < -0.39 is 84.8 Å². The molecule has 2 saturated heterocycles. The maximum absolute atomic E-state index is 13.9. The van der Waals surface area contributed by atoms with Gasteiger partial charge in [-0.1, -0.05) is 48.5 Å². The van der Waals surface area contributed by atoms with Crippen LogP contribution >= 0.6 is 8.53 Å². The lowest BCUT2D eigenvalue weighted by Crippen LogP contribution is -2.49. The number of methoxy groups -OCH3 is 1. The Labute approximate surface area is 477 Å². The quantitative estimate of drug-likeness (QED) is 0.0170. The number of nitrogens with zero attached hydrogens (tertiary/aromatic N) is 9. The number of benzene rings is 4. The molecule has 0 saturated carbocycles. The number of ether oxygens (including phenoxy) is 7. The van der Waals surface area contributed by atoms with E-state index in [2.05, 4.69) is 25.7 Å². The van der Waals surface area contributed by atoms with Crippen LogP contribution < -0.4 is 9.80 Å². The zero-order chi connectivity index (χ0) is 58.7. The van der Waals surface area contributed by atoms with E-state index in [1.807, 2.05) is 71.0 Å². The molecule has 0 N–H and O–H groups in total. The fraction of sp³-hybridized carbons (Fsp3) is 0.464. The molecule has 6 aromatic rings. The predicted molar refractivity (Wildman–Crippen MR) is 303 cm³/mol. The molecule has 1 unspecified atom stereocenters. The van der Waals surface area contributed by atoms with E-state index in [1.165, 1.54) is 49.9 Å². The van der Waals surface area contributed by atoms with Crippen molar-refractivity contribution in [3.63, 3.8) is 0 Å². The zero-order valence-corrected chi connectivity index (χ0v) is 48.7. The lowest BCUT2D eigenvalue weighted by Gasteiger charge is -2.41. The molecule has 0 bridgehead atoms. The van der Waals surface area contributed by atoms with Gasteiger partial charge in [-0.05, 0) is 69.5 Å². The molecule has 438 valence electrons. The Morgan fingerprint density at radius 2 is 1.54 bits per heavy atom. The van der Waals surface area contributed by atoms with Gasteiger partial charge in [-0.25, -0.2) is 37.6 Å². The van der Waals surface area contributed by atoms with Gasteiger partial charge in [-0.3, -0.25) is 19.6 Å². The third kappa shape index (κ3) is 14.4. The summed E-state index contributed by atoms with van der Waals surface area (Å²) >= 11 is 0. The highest BCUT2D eigenvalue weighted by atomic mass is 32.2. The number of fused-ring (bicyclic) bond motifs is 2. The number of nitro groups is 1. The number of rotatable bonds is 25. The number of sulfone groups is 1. The van der Waals surface area contributed by atoms with Crippen LogP contribution in [0.2, 0.25) is 0 Å². The SMILES string of the molecule is COC1(O[C@@H]2[C@H](OP(OCCc3ccc(C#N)cc3)N(C(C)C)C(C)C)[C@@H](COC(=O)OCCS(=O)(=O)c3cccc4c(N(C)C)cccc34)O[C@H]2n2cnc3c(N(C)C(=O)OCCc4ccc([N+](=O)[O-])cc4)ncnc32)CCOCC1. The molecule has 0 aliphatic carbocycles. The van der Waals surface area contributed by atoms with E-state index >= 15 is 0 Å². The number of anilines is 2. The van der Waals surface area contributed by atoms with Gasteiger partial charge in [0.2, 0.25) is 0 Å². The van der Waals surface area contributed by atoms with Crippen LogP contribution in [0.1, 0.15) is 63.5 Å². The molecule has 2 aromatic heterocycles. The summed E-state index contributed by atoms with van der Waals surface area (Å²) in [6.45, 7) is 7.86. The molecule has 26 heteroatoms. The van der Waals surface area contributed by atoms with E-state index in [0.29, 0.717) is 43.4 Å². The summed E-state index contributed by atoms with van der Waals surface area (Å²) in [5.74, 6) is -1.66. The molecular formula is C56H68N9O15PS. The summed E-state index contributed by atoms with van der Waals surface area (Å²) < 4.78 is 88.2. The van der Waals surface area contributed by atoms with Crippen LogP contribution in [0, 0.1) is 21.4 Å². The van der Waals surface area contributed by atoms with Crippen LogP contribution in [0.15, 0.2) is 102 Å². The molecule has 2 aliphatic heterocycles. The number of non-ortho nitro benzene ring substituents is 1. The van der Waals surface area contributed by atoms with Gasteiger partial charge in [0.15, 0.2) is 38.8 Å². The molecule has 8 rings (SSSR count). The van der Waals surface area contributed by atoms with E-state index in [1.54, 1.807) is 47.0 Å². The van der Waals surface area contributed by atoms with E-state index in [4.69, 9.17) is 42.2 Å². The third-order valence-corrected chi connectivity index (χ3v) is 17.8. The van der Waals surface area contributed by atoms with Crippen molar-refractivity contribution in [1.82, 2.24) is 24.2 Å². The van der Waals surface area contributed by atoms with E-state index in [-0.39, 0.29) is 59.3 Å². The molecule has 82 heavy (non-hydrogen) atoms. The van der Waals surface area contributed by atoms with Crippen LogP contribution in [-0.4, -0.2) is 160 Å². The molecule has 0 radical (unpaired) electrons. The summed E-state index contributed by atoms with van der Waals surface area (Å²) in [5, 5.41) is 21.8. The number of imidazole rings is 1. The summed E-state index contributed by atoms with van der Waals surface area (Å²) in [6, 6.07) is 25.6. The Hall–Kier alpha value is -6.98. The lowest BCUT2D eigenvalue weighted by atomic mass is 10.1. The molecule has 2 fully saturated rings. The normalized spacial score (nSPS) is 18.4. The van der Waals surface area contributed by atoms with Crippen LogP contribution in [0.3, 0.4) is 0 Å². The van der Waals surface area contributed by atoms with Gasteiger partial charge >= 0.3 is 12.2 Å². The largest absolute Gasteiger partial charge is 0.508 e. The Bertz CT molecular complexity index is 3310. The van der Waals surface area contributed by atoms with Gasteiger partial charge in [-0.15, -0.1) is 0 Å². The molecular weight excluding hydrogens is 1100 g/mol. The third-order valence-electron chi connectivity index (χ3n) is 14.0. The van der Waals surface area contributed by atoms with Crippen LogP contribution in [0.5, 0.6) is 0 Å². The summed E-state index contributed by atoms with van der Waals surface area (Å²) in [5.41, 5.74) is 3.37. The van der Waals surface area contributed by atoms with Crippen LogP contribution in [0.25, 0.3) is 21.9 Å². The topological polar surface area (TPSA) is 272 Å². The number of amides is 1. The fourth-order valence-corrected chi connectivity index (χ4v) is 12.9. The maximum Gasteiger partial charge on any atom is 0.508 e. The number of hydrogen-bond acceptors (Lipinski definition) is 21. The van der Waals surface area contributed by atoms with Gasteiger partial charge in [-0.2, -0.15) is 5.26 Å². The molecule has 1 amide bonds. The Morgan fingerprint density at radius 1 is 0.866 bits per heavy atom. The minimum atomic E-state index is -3.97. The van der Waals surface area contributed by atoms with Crippen molar-refractivity contribution in [2.75, 3.05) is 83.4 Å². The summed E-state index contributed by atoms with van der Waals surface area (Å²) in [4.78, 5) is 54.7. The van der Waals surface area contributed by atoms with Gasteiger partial charge < -0.3 is 47.1 Å². The van der Waals surface area contributed by atoms with Crippen molar-refractivity contribution in [3.05, 3.63) is 124 Å². The second kappa shape index (κ2) is 27.4. The van der Waals surface area contributed by atoms with Crippen molar-refractivity contribution < 1.29 is 65.1 Å². The Morgan fingerprint density at radius 3 is 2.20 bits per heavy atom. The average Bonchev–Trinajstić information content (AvgIpc) is 4.27. The number of carbonyl (C=O) groups excluding carboxylic acids is 2. The molecule has 2 aliphatic rings.